The first-order valence-corrected chi connectivity index (χ1v) is 7.99. The van der Waals surface area contributed by atoms with E-state index in [1.807, 2.05) is 0 Å². The maximum absolute atomic E-state index is 5.65. The van der Waals surface area contributed by atoms with Gasteiger partial charge in [-0.15, -0.1) is 0 Å². The fourth-order valence-corrected chi connectivity index (χ4v) is 2.07. The smallest absolute Gasteiger partial charge is 0.0466 e. The summed E-state index contributed by atoms with van der Waals surface area (Å²) in [6.45, 7) is 6.51. The minimum Gasteiger partial charge on any atom is -0.381 e. The fourth-order valence-electron chi connectivity index (χ4n) is 2.07. The van der Waals surface area contributed by atoms with E-state index in [2.05, 4.69) is 13.8 Å². The van der Waals surface area contributed by atoms with E-state index in [0.29, 0.717) is 0 Å². The first-order valence-electron chi connectivity index (χ1n) is 7.99. The summed E-state index contributed by atoms with van der Waals surface area (Å²) >= 11 is 0. The van der Waals surface area contributed by atoms with Crippen molar-refractivity contribution < 1.29 is 4.74 Å². The van der Waals surface area contributed by atoms with E-state index in [0.717, 1.165) is 13.2 Å². The van der Waals surface area contributed by atoms with Crippen LogP contribution in [0.3, 0.4) is 0 Å². The molecule has 0 heterocycles. The van der Waals surface area contributed by atoms with Crippen LogP contribution in [-0.4, -0.2) is 37.1 Å². The van der Waals surface area contributed by atoms with E-state index in [1.165, 1.54) is 77.0 Å². The Morgan fingerprint density at radius 1 is 0.500 bits per heavy atom. The zero-order valence-corrected chi connectivity index (χ0v) is 15.7. The summed E-state index contributed by atoms with van der Waals surface area (Å²) in [6, 6.07) is 0. The van der Waals surface area contributed by atoms with Gasteiger partial charge in [0, 0.05) is 37.1 Å². The van der Waals surface area contributed by atoms with Crippen molar-refractivity contribution in [3.05, 3.63) is 0 Å². The molecule has 0 aliphatic heterocycles. The summed E-state index contributed by atoms with van der Waals surface area (Å²) in [7, 11) is 0. The minimum absolute atomic E-state index is 0. The van der Waals surface area contributed by atoms with Crippen LogP contribution < -0.4 is 0 Å². The van der Waals surface area contributed by atoms with Gasteiger partial charge in [-0.2, -0.15) is 0 Å². The van der Waals surface area contributed by atoms with Gasteiger partial charge in [0.05, 0.1) is 0 Å². The molecule has 4 radical (unpaired) electrons. The second-order valence-corrected chi connectivity index (χ2v) is 5.15. The SMILES string of the molecule is CCCCCCCCOCCCCCCCC.[Sn]. The van der Waals surface area contributed by atoms with Crippen LogP contribution in [0, 0.1) is 0 Å². The van der Waals surface area contributed by atoms with E-state index in [1.54, 1.807) is 0 Å². The summed E-state index contributed by atoms with van der Waals surface area (Å²) in [5, 5.41) is 0. The van der Waals surface area contributed by atoms with Gasteiger partial charge in [-0.05, 0) is 12.8 Å². The first-order chi connectivity index (χ1) is 8.41. The van der Waals surface area contributed by atoms with Crippen LogP contribution in [0.2, 0.25) is 0 Å². The molecule has 0 aromatic rings. The summed E-state index contributed by atoms with van der Waals surface area (Å²) in [4.78, 5) is 0. The Morgan fingerprint density at radius 3 is 1.22 bits per heavy atom. The molecule has 0 atom stereocenters. The molecule has 0 aromatic carbocycles. The van der Waals surface area contributed by atoms with Gasteiger partial charge in [0.15, 0.2) is 0 Å². The van der Waals surface area contributed by atoms with Crippen LogP contribution in [0.15, 0.2) is 0 Å². The third kappa shape index (κ3) is 19.1. The summed E-state index contributed by atoms with van der Waals surface area (Å²) in [5.74, 6) is 0. The Bertz CT molecular complexity index is 114. The maximum Gasteiger partial charge on any atom is 0.0466 e. The summed E-state index contributed by atoms with van der Waals surface area (Å²) in [6.07, 6.45) is 16.3. The first kappa shape index (κ1) is 21.1. The molecule has 18 heavy (non-hydrogen) atoms. The Kier molecular flexibility index (Phi) is 23.5. The average molecular weight is 361 g/mol. The molecule has 108 valence electrons. The van der Waals surface area contributed by atoms with Crippen molar-refractivity contribution in [2.75, 3.05) is 13.2 Å². The van der Waals surface area contributed by atoms with Gasteiger partial charge in [-0.3, -0.25) is 0 Å². The van der Waals surface area contributed by atoms with Crippen molar-refractivity contribution in [1.82, 2.24) is 0 Å². The number of hydrogen-bond acceptors (Lipinski definition) is 1. The number of hydrogen-bond donors (Lipinski definition) is 0. The van der Waals surface area contributed by atoms with Gasteiger partial charge in [0.2, 0.25) is 0 Å². The normalized spacial score (nSPS) is 10.3. The summed E-state index contributed by atoms with van der Waals surface area (Å²) < 4.78 is 5.65. The summed E-state index contributed by atoms with van der Waals surface area (Å²) in [5.41, 5.74) is 0. The van der Waals surface area contributed by atoms with Gasteiger partial charge in [-0.1, -0.05) is 78.1 Å². The number of ether oxygens (including phenoxy) is 1. The maximum atomic E-state index is 5.65. The van der Waals surface area contributed by atoms with E-state index < -0.39 is 0 Å². The Hall–Kier alpha value is 0.759. The molecule has 0 spiro atoms. The topological polar surface area (TPSA) is 9.23 Å². The molecule has 0 saturated carbocycles. The molecule has 0 N–H and O–H groups in total. The van der Waals surface area contributed by atoms with Crippen LogP contribution in [0.5, 0.6) is 0 Å². The van der Waals surface area contributed by atoms with Crippen LogP contribution in [0.4, 0.5) is 0 Å². The van der Waals surface area contributed by atoms with Crippen LogP contribution in [0.25, 0.3) is 0 Å². The third-order valence-corrected chi connectivity index (χ3v) is 3.28. The van der Waals surface area contributed by atoms with Crippen molar-refractivity contribution in [3.8, 4) is 0 Å². The van der Waals surface area contributed by atoms with Crippen molar-refractivity contribution in [2.45, 2.75) is 90.9 Å². The Labute approximate surface area is 132 Å². The van der Waals surface area contributed by atoms with Crippen LogP contribution >= 0.6 is 0 Å². The number of rotatable bonds is 14. The van der Waals surface area contributed by atoms with Gasteiger partial charge in [-0.25, -0.2) is 0 Å². The molecule has 0 bridgehead atoms. The predicted octanol–water partition coefficient (Wildman–Crippen LogP) is 5.34. The molecule has 0 aliphatic carbocycles. The zero-order valence-electron chi connectivity index (χ0n) is 12.8. The molecule has 1 nitrogen and oxygen atoms in total. The molecule has 2 heteroatoms. The second-order valence-electron chi connectivity index (χ2n) is 5.15. The van der Waals surface area contributed by atoms with Crippen LogP contribution in [-0.2, 0) is 4.74 Å². The van der Waals surface area contributed by atoms with E-state index in [-0.39, 0.29) is 23.9 Å². The molecule has 0 rings (SSSR count). The largest absolute Gasteiger partial charge is 0.381 e. The fraction of sp³-hybridized carbons (Fsp3) is 1.00. The van der Waals surface area contributed by atoms with E-state index in [4.69, 9.17) is 4.74 Å². The van der Waals surface area contributed by atoms with Crippen molar-refractivity contribution in [1.29, 1.82) is 0 Å². The molecular weight excluding hydrogens is 327 g/mol. The molecule has 0 amide bonds. The zero-order chi connectivity index (χ0) is 12.6. The predicted molar refractivity (Wildman–Crippen MR) is 83.3 cm³/mol. The number of unbranched alkanes of at least 4 members (excludes halogenated alkanes) is 10. The van der Waals surface area contributed by atoms with Crippen molar-refractivity contribution in [3.63, 3.8) is 0 Å². The molecule has 0 aromatic heterocycles. The molecule has 0 fully saturated rings. The third-order valence-electron chi connectivity index (χ3n) is 3.28. The monoisotopic (exact) mass is 362 g/mol. The van der Waals surface area contributed by atoms with Crippen molar-refractivity contribution >= 4 is 23.9 Å². The minimum atomic E-state index is 0. The molecule has 0 saturated heterocycles. The molecule has 0 aliphatic rings. The Morgan fingerprint density at radius 2 is 0.833 bits per heavy atom. The Balaban J connectivity index is 0. The van der Waals surface area contributed by atoms with Crippen molar-refractivity contribution in [2.24, 2.45) is 0 Å². The van der Waals surface area contributed by atoms with E-state index in [9.17, 15) is 0 Å². The van der Waals surface area contributed by atoms with Gasteiger partial charge >= 0.3 is 0 Å². The van der Waals surface area contributed by atoms with Gasteiger partial charge in [0.1, 0.15) is 0 Å². The quantitative estimate of drug-likeness (QED) is 0.300. The molecule has 0 unspecified atom stereocenters. The molecular formula is C16H34OSn. The van der Waals surface area contributed by atoms with Crippen LogP contribution in [0.1, 0.15) is 90.9 Å². The average Bonchev–Trinajstić information content (AvgIpc) is 2.35. The van der Waals surface area contributed by atoms with Gasteiger partial charge in [0.25, 0.3) is 0 Å². The second kappa shape index (κ2) is 20.1. The van der Waals surface area contributed by atoms with Gasteiger partial charge < -0.3 is 4.74 Å². The standard InChI is InChI=1S/C16H34O.Sn/c1-3-5-7-9-11-13-15-17-16-14-12-10-8-6-4-2;/h3-16H2,1-2H3;. The van der Waals surface area contributed by atoms with E-state index >= 15 is 0 Å².